The molecular weight excluding hydrogens is 457 g/mol. The predicted octanol–water partition coefficient (Wildman–Crippen LogP) is 4.51. The van der Waals surface area contributed by atoms with Crippen LogP contribution in [0, 0.1) is 5.82 Å². The third kappa shape index (κ3) is 3.82. The Kier molecular flexibility index (Phi) is 5.80. The Morgan fingerprint density at radius 3 is 2.82 bits per heavy atom. The third-order valence-corrected chi connectivity index (χ3v) is 6.99. The van der Waals surface area contributed by atoms with Crippen molar-refractivity contribution in [3.05, 3.63) is 70.5 Å². The van der Waals surface area contributed by atoms with Gasteiger partial charge in [0.15, 0.2) is 11.5 Å². The number of carbonyl (C=O) groups is 1. The Morgan fingerprint density at radius 1 is 1.21 bits per heavy atom. The zero-order chi connectivity index (χ0) is 23.8. The zero-order valence-electron chi connectivity index (χ0n) is 18.5. The number of pyridine rings is 1. The monoisotopic (exact) mass is 479 g/mol. The van der Waals surface area contributed by atoms with Crippen molar-refractivity contribution in [2.75, 3.05) is 26.1 Å². The number of aromatic nitrogens is 1. The minimum Gasteiger partial charge on any atom is -0.493 e. The zero-order valence-corrected chi connectivity index (χ0v) is 19.3. The fraction of sp³-hybridized carbons (Fsp3) is 0.200. The lowest BCUT2D eigenvalue weighted by Gasteiger charge is -2.20. The lowest BCUT2D eigenvalue weighted by molar-refractivity contribution is 0.0914. The molecule has 0 bridgehead atoms. The van der Waals surface area contributed by atoms with E-state index >= 15 is 0 Å². The second kappa shape index (κ2) is 8.92. The van der Waals surface area contributed by atoms with E-state index in [4.69, 9.17) is 14.5 Å². The van der Waals surface area contributed by atoms with Crippen LogP contribution in [-0.2, 0) is 6.54 Å². The molecule has 174 valence electrons. The quantitative estimate of drug-likeness (QED) is 0.377. The van der Waals surface area contributed by atoms with Crippen LogP contribution >= 0.6 is 11.3 Å². The summed E-state index contributed by atoms with van der Waals surface area (Å²) in [5, 5.41) is 17.6. The Hall–Kier alpha value is -3.69. The largest absolute Gasteiger partial charge is 0.493 e. The minimum atomic E-state index is -1.03. The van der Waals surface area contributed by atoms with Crippen molar-refractivity contribution >= 4 is 33.0 Å². The molecule has 0 saturated carbocycles. The molecule has 1 aliphatic rings. The minimum absolute atomic E-state index is 0.0295. The van der Waals surface area contributed by atoms with Crippen LogP contribution in [0.1, 0.15) is 27.0 Å². The van der Waals surface area contributed by atoms with E-state index in [1.54, 1.807) is 30.3 Å². The lowest BCUT2D eigenvalue weighted by atomic mass is 10.0. The van der Waals surface area contributed by atoms with E-state index in [0.29, 0.717) is 39.7 Å². The van der Waals surface area contributed by atoms with E-state index in [0.717, 1.165) is 21.5 Å². The molecule has 2 aromatic carbocycles. The number of hydrogen-bond acceptors (Lipinski definition) is 7. The number of aliphatic hydroxyl groups excluding tert-OH is 1. The van der Waals surface area contributed by atoms with Crippen LogP contribution in [0.2, 0.25) is 0 Å². The normalized spacial score (nSPS) is 12.9. The maximum Gasteiger partial charge on any atom is 0.251 e. The van der Waals surface area contributed by atoms with Gasteiger partial charge in [-0.1, -0.05) is 12.1 Å². The Morgan fingerprint density at radius 2 is 2.03 bits per heavy atom. The number of halogens is 1. The molecule has 1 amide bonds. The van der Waals surface area contributed by atoms with E-state index < -0.39 is 6.10 Å². The summed E-state index contributed by atoms with van der Waals surface area (Å²) in [6.45, 7) is 0.560. The van der Waals surface area contributed by atoms with Crippen LogP contribution in [0.25, 0.3) is 21.3 Å². The molecule has 4 aromatic rings. The highest BCUT2D eigenvalue weighted by atomic mass is 32.1. The molecule has 2 aromatic heterocycles. The van der Waals surface area contributed by atoms with Crippen LogP contribution in [-0.4, -0.2) is 36.8 Å². The lowest BCUT2D eigenvalue weighted by Crippen LogP contribution is -2.28. The molecule has 34 heavy (non-hydrogen) atoms. The van der Waals surface area contributed by atoms with Crippen LogP contribution in [0.15, 0.2) is 48.5 Å². The van der Waals surface area contributed by atoms with Crippen molar-refractivity contribution in [1.29, 1.82) is 0 Å². The number of methoxy groups -OCH3 is 2. The van der Waals surface area contributed by atoms with Crippen molar-refractivity contribution in [2.45, 2.75) is 12.6 Å². The Balaban J connectivity index is 1.37. The number of hydrogen-bond donors (Lipinski definition) is 3. The summed E-state index contributed by atoms with van der Waals surface area (Å²) in [7, 11) is 3.02. The van der Waals surface area contributed by atoms with Crippen LogP contribution in [0.5, 0.6) is 11.5 Å². The average Bonchev–Trinajstić information content (AvgIpc) is 3.27. The van der Waals surface area contributed by atoms with Gasteiger partial charge in [-0.25, -0.2) is 9.37 Å². The van der Waals surface area contributed by atoms with Gasteiger partial charge < -0.3 is 25.2 Å². The van der Waals surface area contributed by atoms with E-state index in [1.807, 2.05) is 12.1 Å². The molecule has 1 unspecified atom stereocenters. The second-order valence-corrected chi connectivity index (χ2v) is 8.90. The van der Waals surface area contributed by atoms with Crippen molar-refractivity contribution < 1.29 is 23.8 Å². The van der Waals surface area contributed by atoms with Crippen LogP contribution < -0.4 is 20.1 Å². The first-order valence-electron chi connectivity index (χ1n) is 10.6. The SMILES string of the molecule is COc1ccc(C(=O)NCC(O)c2ccc3c(n2)-c2c(sc4c(F)cccc24)CN3)cc1OC. The van der Waals surface area contributed by atoms with E-state index in [2.05, 4.69) is 10.6 Å². The molecule has 5 rings (SSSR count). The van der Waals surface area contributed by atoms with Gasteiger partial charge in [-0.05, 0) is 36.4 Å². The second-order valence-electron chi connectivity index (χ2n) is 7.80. The molecule has 1 aliphatic heterocycles. The van der Waals surface area contributed by atoms with Gasteiger partial charge >= 0.3 is 0 Å². The first-order valence-corrected chi connectivity index (χ1v) is 11.4. The van der Waals surface area contributed by atoms with E-state index in [9.17, 15) is 14.3 Å². The molecule has 0 saturated heterocycles. The molecule has 0 spiro atoms. The fourth-order valence-corrected chi connectivity index (χ4v) is 5.21. The van der Waals surface area contributed by atoms with Crippen molar-refractivity contribution in [1.82, 2.24) is 10.3 Å². The summed E-state index contributed by atoms with van der Waals surface area (Å²) < 4.78 is 25.4. The fourth-order valence-electron chi connectivity index (χ4n) is 4.06. The predicted molar refractivity (Wildman–Crippen MR) is 129 cm³/mol. The van der Waals surface area contributed by atoms with Gasteiger partial charge in [0.2, 0.25) is 0 Å². The summed E-state index contributed by atoms with van der Waals surface area (Å²) in [5.41, 5.74) is 3.17. The van der Waals surface area contributed by atoms with Crippen molar-refractivity contribution in [3.8, 4) is 22.8 Å². The van der Waals surface area contributed by atoms with Gasteiger partial charge in [0.1, 0.15) is 11.9 Å². The molecule has 3 N–H and O–H groups in total. The number of nitrogens with one attached hydrogen (secondary N) is 2. The number of benzene rings is 2. The Bertz CT molecular complexity index is 1400. The van der Waals surface area contributed by atoms with Gasteiger partial charge in [0, 0.05) is 27.9 Å². The summed E-state index contributed by atoms with van der Waals surface area (Å²) in [5.74, 6) is 0.342. The van der Waals surface area contributed by atoms with Gasteiger partial charge in [0.25, 0.3) is 5.91 Å². The van der Waals surface area contributed by atoms with Gasteiger partial charge in [0.05, 0.1) is 42.5 Å². The van der Waals surface area contributed by atoms with Crippen molar-refractivity contribution in [3.63, 3.8) is 0 Å². The number of amides is 1. The smallest absolute Gasteiger partial charge is 0.251 e. The standard InChI is InChI=1S/C25H22FN3O4S/c1-32-19-9-6-13(10-20(19)33-2)25(31)28-11-18(30)16-7-8-17-23(29-16)22-14-4-3-5-15(26)24(14)34-21(22)12-27-17/h3-10,18,27,30H,11-12H2,1-2H3,(H,28,31). The summed E-state index contributed by atoms with van der Waals surface area (Å²) in [6, 6.07) is 13.4. The number of ether oxygens (including phenoxy) is 2. The van der Waals surface area contributed by atoms with Gasteiger partial charge in [-0.3, -0.25) is 4.79 Å². The summed E-state index contributed by atoms with van der Waals surface area (Å²) in [6.07, 6.45) is -1.03. The topological polar surface area (TPSA) is 92.7 Å². The molecule has 7 nitrogen and oxygen atoms in total. The number of carbonyl (C=O) groups excluding carboxylic acids is 1. The maximum atomic E-state index is 14.3. The molecule has 0 fully saturated rings. The number of aliphatic hydroxyl groups is 1. The summed E-state index contributed by atoms with van der Waals surface area (Å²) in [4.78, 5) is 18.3. The number of fused-ring (bicyclic) bond motifs is 5. The van der Waals surface area contributed by atoms with Crippen molar-refractivity contribution in [2.24, 2.45) is 0 Å². The number of rotatable bonds is 6. The molecular formula is C25H22FN3O4S. The van der Waals surface area contributed by atoms with Gasteiger partial charge in [-0.15, -0.1) is 11.3 Å². The first-order chi connectivity index (χ1) is 16.5. The molecule has 9 heteroatoms. The highest BCUT2D eigenvalue weighted by molar-refractivity contribution is 7.19. The average molecular weight is 480 g/mol. The van der Waals surface area contributed by atoms with E-state index in [1.165, 1.54) is 31.6 Å². The van der Waals surface area contributed by atoms with Crippen LogP contribution in [0.3, 0.4) is 0 Å². The third-order valence-electron chi connectivity index (χ3n) is 5.78. The van der Waals surface area contributed by atoms with Gasteiger partial charge in [-0.2, -0.15) is 0 Å². The highest BCUT2D eigenvalue weighted by Gasteiger charge is 2.25. The molecule has 0 radical (unpaired) electrons. The highest BCUT2D eigenvalue weighted by Crippen LogP contribution is 2.45. The molecule has 3 heterocycles. The first kappa shape index (κ1) is 22.1. The number of thiophene rings is 1. The maximum absolute atomic E-state index is 14.3. The number of nitrogens with zero attached hydrogens (tertiary/aromatic N) is 1. The summed E-state index contributed by atoms with van der Waals surface area (Å²) >= 11 is 1.41. The molecule has 1 atom stereocenters. The van der Waals surface area contributed by atoms with E-state index in [-0.39, 0.29) is 18.3 Å². The Labute approximate surface area is 199 Å². The number of anilines is 1. The van der Waals surface area contributed by atoms with Crippen LogP contribution in [0.4, 0.5) is 10.1 Å². The molecule has 0 aliphatic carbocycles.